The van der Waals surface area contributed by atoms with E-state index >= 15 is 0 Å². The number of benzene rings is 1. The molecule has 0 bridgehead atoms. The SMILES string of the molecule is CNC(=O)c1c(-c2ccc(C)cc2)oc2nc(CS(=O)(=O)NCC[C@H]3C[C@@H]3C(=O)O)c(C3CC3)cc12. The van der Waals surface area contributed by atoms with Crippen LogP contribution < -0.4 is 10.0 Å². The highest BCUT2D eigenvalue weighted by Gasteiger charge is 2.42. The molecule has 0 unspecified atom stereocenters. The van der Waals surface area contributed by atoms with Gasteiger partial charge in [-0.25, -0.2) is 18.1 Å². The Kier molecular flexibility index (Phi) is 6.34. The highest BCUT2D eigenvalue weighted by atomic mass is 32.2. The van der Waals surface area contributed by atoms with Crippen LogP contribution in [-0.4, -0.2) is 44.0 Å². The zero-order chi connectivity index (χ0) is 25.6. The van der Waals surface area contributed by atoms with Crippen LogP contribution in [0.5, 0.6) is 0 Å². The molecule has 2 saturated carbocycles. The van der Waals surface area contributed by atoms with E-state index in [4.69, 9.17) is 9.52 Å². The van der Waals surface area contributed by atoms with Gasteiger partial charge in [-0.05, 0) is 56.1 Å². The molecule has 2 heterocycles. The van der Waals surface area contributed by atoms with E-state index in [-0.39, 0.29) is 41.7 Å². The van der Waals surface area contributed by atoms with Crippen molar-refractivity contribution < 1.29 is 27.5 Å². The summed E-state index contributed by atoms with van der Waals surface area (Å²) in [5.74, 6) is -1.18. The third kappa shape index (κ3) is 5.01. The van der Waals surface area contributed by atoms with Gasteiger partial charge in [-0.15, -0.1) is 0 Å². The number of carboxylic acids is 1. The first-order valence-electron chi connectivity index (χ1n) is 12.1. The topological polar surface area (TPSA) is 139 Å². The molecule has 0 spiro atoms. The Morgan fingerprint density at radius 2 is 1.92 bits per heavy atom. The number of aryl methyl sites for hydroxylation is 1. The van der Waals surface area contributed by atoms with E-state index in [1.807, 2.05) is 37.3 Å². The summed E-state index contributed by atoms with van der Waals surface area (Å²) in [6.45, 7) is 2.17. The number of rotatable bonds is 10. The lowest BCUT2D eigenvalue weighted by atomic mass is 10.0. The molecule has 190 valence electrons. The molecule has 5 rings (SSSR count). The Balaban J connectivity index is 1.46. The van der Waals surface area contributed by atoms with Crippen molar-refractivity contribution in [2.24, 2.45) is 11.8 Å². The van der Waals surface area contributed by atoms with Crippen LogP contribution >= 0.6 is 0 Å². The molecule has 2 fully saturated rings. The van der Waals surface area contributed by atoms with Crippen LogP contribution in [0.3, 0.4) is 0 Å². The van der Waals surface area contributed by atoms with Crippen LogP contribution in [0.15, 0.2) is 34.7 Å². The molecule has 2 aromatic heterocycles. The molecular weight excluding hydrogens is 482 g/mol. The number of carbonyl (C=O) groups is 2. The number of hydrogen-bond donors (Lipinski definition) is 3. The third-order valence-corrected chi connectivity index (χ3v) is 8.28. The fraction of sp³-hybridized carbons (Fsp3) is 0.423. The minimum atomic E-state index is -3.70. The van der Waals surface area contributed by atoms with Gasteiger partial charge in [0.2, 0.25) is 15.7 Å². The molecule has 1 amide bonds. The Morgan fingerprint density at radius 1 is 1.19 bits per heavy atom. The summed E-state index contributed by atoms with van der Waals surface area (Å²) >= 11 is 0. The van der Waals surface area contributed by atoms with Crippen molar-refractivity contribution in [2.45, 2.75) is 44.3 Å². The molecule has 2 aliphatic rings. The highest BCUT2D eigenvalue weighted by Crippen LogP contribution is 2.44. The van der Waals surface area contributed by atoms with E-state index in [2.05, 4.69) is 15.0 Å². The maximum Gasteiger partial charge on any atom is 0.306 e. The molecule has 2 aliphatic carbocycles. The van der Waals surface area contributed by atoms with Gasteiger partial charge >= 0.3 is 5.97 Å². The minimum Gasteiger partial charge on any atom is -0.481 e. The number of nitrogens with one attached hydrogen (secondary N) is 2. The molecule has 0 radical (unpaired) electrons. The van der Waals surface area contributed by atoms with Crippen LogP contribution in [0.4, 0.5) is 0 Å². The number of carboxylic acid groups (broad SMARTS) is 1. The molecule has 9 nitrogen and oxygen atoms in total. The summed E-state index contributed by atoms with van der Waals surface area (Å²) < 4.78 is 34.4. The molecule has 3 N–H and O–H groups in total. The molecule has 0 saturated heterocycles. The first kappa shape index (κ1) is 24.5. The zero-order valence-corrected chi connectivity index (χ0v) is 21.0. The summed E-state index contributed by atoms with van der Waals surface area (Å²) in [6, 6.07) is 9.49. The monoisotopic (exact) mass is 511 g/mol. The van der Waals surface area contributed by atoms with E-state index in [0.29, 0.717) is 35.2 Å². The second-order valence-electron chi connectivity index (χ2n) is 9.79. The Labute approximate surface area is 209 Å². The smallest absolute Gasteiger partial charge is 0.306 e. The summed E-state index contributed by atoms with van der Waals surface area (Å²) in [5, 5.41) is 12.3. The van der Waals surface area contributed by atoms with Crippen LogP contribution in [-0.2, 0) is 20.6 Å². The van der Waals surface area contributed by atoms with Gasteiger partial charge < -0.3 is 14.8 Å². The molecule has 36 heavy (non-hydrogen) atoms. The molecule has 3 aromatic rings. The number of furan rings is 1. The van der Waals surface area contributed by atoms with Crippen LogP contribution in [0, 0.1) is 18.8 Å². The first-order chi connectivity index (χ1) is 17.2. The van der Waals surface area contributed by atoms with Crippen LogP contribution in [0.2, 0.25) is 0 Å². The largest absolute Gasteiger partial charge is 0.481 e. The number of pyridine rings is 1. The minimum absolute atomic E-state index is 0.0214. The van der Waals surface area contributed by atoms with Crippen molar-refractivity contribution in [2.75, 3.05) is 13.6 Å². The van der Waals surface area contributed by atoms with Gasteiger partial charge in [-0.1, -0.05) is 29.8 Å². The summed E-state index contributed by atoms with van der Waals surface area (Å²) in [7, 11) is -2.14. The lowest BCUT2D eigenvalue weighted by Gasteiger charge is -2.10. The molecule has 0 aliphatic heterocycles. The Morgan fingerprint density at radius 3 is 2.53 bits per heavy atom. The fourth-order valence-corrected chi connectivity index (χ4v) is 5.82. The number of hydrogen-bond acceptors (Lipinski definition) is 6. The van der Waals surface area contributed by atoms with Gasteiger partial charge in [0.25, 0.3) is 5.91 Å². The van der Waals surface area contributed by atoms with Gasteiger partial charge in [-0.2, -0.15) is 0 Å². The fourth-order valence-electron chi connectivity index (χ4n) is 4.70. The van der Waals surface area contributed by atoms with Gasteiger partial charge in [0.15, 0.2) is 0 Å². The Hall–Kier alpha value is -3.24. The van der Waals surface area contributed by atoms with E-state index in [1.54, 1.807) is 7.05 Å². The number of aliphatic carboxylic acids is 1. The standard InChI is InChI=1S/C26H29N3O6S/c1-14-3-5-16(6-4-14)23-22(24(30)27-2)20-12-18(15-7-8-15)21(29-25(20)35-23)13-36(33,34)28-10-9-17-11-19(17)26(31)32/h3-6,12,15,17,19,28H,7-11,13H2,1-2H3,(H,27,30)(H,31,32)/t17-,19-/m0/s1. The lowest BCUT2D eigenvalue weighted by Crippen LogP contribution is -2.27. The average molecular weight is 512 g/mol. The molecule has 10 heteroatoms. The van der Waals surface area contributed by atoms with Crippen molar-refractivity contribution in [1.29, 1.82) is 0 Å². The van der Waals surface area contributed by atoms with Crippen molar-refractivity contribution in [3.05, 3.63) is 52.7 Å². The number of fused-ring (bicyclic) bond motifs is 1. The summed E-state index contributed by atoms with van der Waals surface area (Å²) in [4.78, 5) is 28.5. The van der Waals surface area contributed by atoms with E-state index in [1.165, 1.54) is 0 Å². The number of nitrogens with zero attached hydrogens (tertiary/aromatic N) is 1. The first-order valence-corrected chi connectivity index (χ1v) is 13.8. The van der Waals surface area contributed by atoms with Crippen molar-refractivity contribution in [3.63, 3.8) is 0 Å². The van der Waals surface area contributed by atoms with Gasteiger partial charge in [0, 0.05) is 19.2 Å². The van der Waals surface area contributed by atoms with Crippen LogP contribution in [0.1, 0.15) is 58.8 Å². The number of aromatic nitrogens is 1. The van der Waals surface area contributed by atoms with Gasteiger partial charge in [0.1, 0.15) is 11.5 Å². The second-order valence-corrected chi connectivity index (χ2v) is 11.6. The van der Waals surface area contributed by atoms with Crippen molar-refractivity contribution >= 4 is 33.0 Å². The molecule has 2 atom stereocenters. The maximum absolute atomic E-state index is 12.9. The van der Waals surface area contributed by atoms with E-state index in [0.717, 1.165) is 29.5 Å². The highest BCUT2D eigenvalue weighted by molar-refractivity contribution is 7.88. The van der Waals surface area contributed by atoms with E-state index in [9.17, 15) is 18.0 Å². The average Bonchev–Trinajstić information content (AvgIpc) is 3.75. The van der Waals surface area contributed by atoms with Crippen molar-refractivity contribution in [1.82, 2.24) is 15.0 Å². The van der Waals surface area contributed by atoms with Crippen LogP contribution in [0.25, 0.3) is 22.4 Å². The Bertz CT molecular complexity index is 1440. The summed E-state index contributed by atoms with van der Waals surface area (Å²) in [6.07, 6.45) is 2.95. The quantitative estimate of drug-likeness (QED) is 0.378. The number of amides is 1. The number of carbonyl (C=O) groups excluding carboxylic acids is 1. The van der Waals surface area contributed by atoms with Gasteiger partial charge in [0.05, 0.1) is 22.6 Å². The van der Waals surface area contributed by atoms with E-state index < -0.39 is 16.0 Å². The van der Waals surface area contributed by atoms with Crippen molar-refractivity contribution in [3.8, 4) is 11.3 Å². The predicted octanol–water partition coefficient (Wildman–Crippen LogP) is 3.57. The third-order valence-electron chi connectivity index (χ3n) is 6.98. The normalized spacial score (nSPS) is 19.4. The molecule has 1 aromatic carbocycles. The van der Waals surface area contributed by atoms with Gasteiger partial charge in [-0.3, -0.25) is 9.59 Å². The zero-order valence-electron chi connectivity index (χ0n) is 20.2. The predicted molar refractivity (Wildman–Crippen MR) is 134 cm³/mol. The number of sulfonamides is 1. The summed E-state index contributed by atoms with van der Waals surface area (Å²) in [5.41, 5.74) is 3.66. The maximum atomic E-state index is 12.9. The molecular formula is C26H29N3O6S. The lowest BCUT2D eigenvalue weighted by molar-refractivity contribution is -0.138. The second kappa shape index (κ2) is 9.33.